The van der Waals surface area contributed by atoms with Gasteiger partial charge in [-0.15, -0.1) is 0 Å². The van der Waals surface area contributed by atoms with Crippen molar-refractivity contribution in [1.82, 2.24) is 4.98 Å². The molecule has 0 spiro atoms. The van der Waals surface area contributed by atoms with E-state index in [-0.39, 0.29) is 6.04 Å². The van der Waals surface area contributed by atoms with Crippen molar-refractivity contribution in [3.05, 3.63) is 28.5 Å². The summed E-state index contributed by atoms with van der Waals surface area (Å²) >= 11 is 3.31. The van der Waals surface area contributed by atoms with Gasteiger partial charge >= 0.3 is 0 Å². The maximum atomic E-state index is 5.80. The van der Waals surface area contributed by atoms with Crippen molar-refractivity contribution < 1.29 is 0 Å². The molecule has 0 aliphatic carbocycles. The Hall–Kier alpha value is -0.450. The molecule has 1 rings (SSSR count). The van der Waals surface area contributed by atoms with Crippen LogP contribution in [0.2, 0.25) is 0 Å². The third-order valence-electron chi connectivity index (χ3n) is 1.61. The van der Waals surface area contributed by atoms with Crippen LogP contribution in [-0.2, 0) is 0 Å². The maximum Gasteiger partial charge on any atom is 0.0572 e. The van der Waals surface area contributed by atoms with Gasteiger partial charge in [0.2, 0.25) is 0 Å². The van der Waals surface area contributed by atoms with Crippen LogP contribution in [0.25, 0.3) is 0 Å². The summed E-state index contributed by atoms with van der Waals surface area (Å²) < 4.78 is 0.964. The van der Waals surface area contributed by atoms with Gasteiger partial charge in [-0.25, -0.2) is 0 Å². The van der Waals surface area contributed by atoms with Gasteiger partial charge in [-0.2, -0.15) is 0 Å². The van der Waals surface area contributed by atoms with Gasteiger partial charge in [0.1, 0.15) is 0 Å². The normalized spacial score (nSPS) is 12.9. The highest BCUT2D eigenvalue weighted by Crippen LogP contribution is 2.13. The van der Waals surface area contributed by atoms with E-state index in [0.29, 0.717) is 6.54 Å². The van der Waals surface area contributed by atoms with Crippen LogP contribution in [0.3, 0.4) is 0 Å². The van der Waals surface area contributed by atoms with Crippen molar-refractivity contribution in [2.75, 3.05) is 6.54 Å². The van der Waals surface area contributed by atoms with Gasteiger partial charge in [0.25, 0.3) is 0 Å². The van der Waals surface area contributed by atoms with Crippen LogP contribution in [0, 0.1) is 0 Å². The molecule has 3 nitrogen and oxygen atoms in total. The Kier molecular flexibility index (Phi) is 3.65. The molecular formula is C8H12BrN3. The molecule has 66 valence electrons. The van der Waals surface area contributed by atoms with Crippen LogP contribution in [0.5, 0.6) is 0 Å². The summed E-state index contributed by atoms with van der Waals surface area (Å²) in [5, 5.41) is 0. The molecule has 0 aliphatic rings. The van der Waals surface area contributed by atoms with E-state index < -0.39 is 0 Å². The zero-order valence-corrected chi connectivity index (χ0v) is 8.29. The quantitative estimate of drug-likeness (QED) is 0.819. The first-order valence-electron chi connectivity index (χ1n) is 3.81. The fourth-order valence-corrected chi connectivity index (χ4v) is 1.17. The average molecular weight is 230 g/mol. The lowest BCUT2D eigenvalue weighted by Gasteiger charge is -2.08. The van der Waals surface area contributed by atoms with E-state index in [0.717, 1.165) is 16.6 Å². The number of nitrogens with zero attached hydrogens (tertiary/aromatic N) is 1. The van der Waals surface area contributed by atoms with Crippen molar-refractivity contribution in [3.8, 4) is 0 Å². The summed E-state index contributed by atoms with van der Waals surface area (Å²) in [7, 11) is 0. The Bertz CT molecular complexity index is 235. The van der Waals surface area contributed by atoms with Gasteiger partial charge in [0.15, 0.2) is 0 Å². The number of aromatic nitrogens is 1. The summed E-state index contributed by atoms with van der Waals surface area (Å²) in [6.45, 7) is 0.596. The SMILES string of the molecule is NCC[C@@H](N)c1ccc(Br)cn1. The largest absolute Gasteiger partial charge is 0.330 e. The summed E-state index contributed by atoms with van der Waals surface area (Å²) in [6, 6.07) is 3.80. The molecule has 0 aromatic carbocycles. The first-order chi connectivity index (χ1) is 5.74. The Morgan fingerprint density at radius 1 is 1.50 bits per heavy atom. The lowest BCUT2D eigenvalue weighted by atomic mass is 10.1. The molecular weight excluding hydrogens is 218 g/mol. The summed E-state index contributed by atoms with van der Waals surface area (Å²) in [6.07, 6.45) is 2.51. The van der Waals surface area contributed by atoms with Crippen LogP contribution >= 0.6 is 15.9 Å². The van der Waals surface area contributed by atoms with Crippen molar-refractivity contribution >= 4 is 15.9 Å². The Morgan fingerprint density at radius 3 is 2.75 bits per heavy atom. The van der Waals surface area contributed by atoms with Gasteiger partial charge in [0.05, 0.1) is 5.69 Å². The zero-order valence-electron chi connectivity index (χ0n) is 6.70. The van der Waals surface area contributed by atoms with Crippen LogP contribution in [-0.4, -0.2) is 11.5 Å². The third-order valence-corrected chi connectivity index (χ3v) is 2.08. The second kappa shape index (κ2) is 4.54. The van der Waals surface area contributed by atoms with Gasteiger partial charge in [0, 0.05) is 16.7 Å². The molecule has 0 amide bonds. The molecule has 0 saturated heterocycles. The van der Waals surface area contributed by atoms with Crippen molar-refractivity contribution in [2.24, 2.45) is 11.5 Å². The van der Waals surface area contributed by atoms with Crippen molar-refractivity contribution in [2.45, 2.75) is 12.5 Å². The van der Waals surface area contributed by atoms with Crippen LogP contribution in [0.15, 0.2) is 22.8 Å². The number of halogens is 1. The molecule has 0 bridgehead atoms. The molecule has 0 unspecified atom stereocenters. The summed E-state index contributed by atoms with van der Waals surface area (Å²) in [5.74, 6) is 0. The molecule has 0 radical (unpaired) electrons. The van der Waals surface area contributed by atoms with E-state index in [1.54, 1.807) is 6.20 Å². The van der Waals surface area contributed by atoms with E-state index in [1.807, 2.05) is 12.1 Å². The van der Waals surface area contributed by atoms with Gasteiger partial charge in [-0.3, -0.25) is 4.98 Å². The number of nitrogens with two attached hydrogens (primary N) is 2. The van der Waals surface area contributed by atoms with E-state index in [9.17, 15) is 0 Å². The van der Waals surface area contributed by atoms with Crippen LogP contribution in [0.4, 0.5) is 0 Å². The first kappa shape index (κ1) is 9.64. The zero-order chi connectivity index (χ0) is 8.97. The molecule has 1 atom stereocenters. The van der Waals surface area contributed by atoms with Crippen LogP contribution < -0.4 is 11.5 Å². The second-order valence-electron chi connectivity index (χ2n) is 2.59. The molecule has 12 heavy (non-hydrogen) atoms. The fraction of sp³-hybridized carbons (Fsp3) is 0.375. The minimum absolute atomic E-state index is 0.0388. The lowest BCUT2D eigenvalue weighted by molar-refractivity contribution is 0.642. The van der Waals surface area contributed by atoms with E-state index in [1.165, 1.54) is 0 Å². The lowest BCUT2D eigenvalue weighted by Crippen LogP contribution is -2.16. The Morgan fingerprint density at radius 2 is 2.25 bits per heavy atom. The highest BCUT2D eigenvalue weighted by Gasteiger charge is 2.04. The number of hydrogen-bond acceptors (Lipinski definition) is 3. The smallest absolute Gasteiger partial charge is 0.0572 e. The number of rotatable bonds is 3. The summed E-state index contributed by atoms with van der Waals surface area (Å²) in [4.78, 5) is 4.17. The van der Waals surface area contributed by atoms with Crippen molar-refractivity contribution in [1.29, 1.82) is 0 Å². The first-order valence-corrected chi connectivity index (χ1v) is 4.60. The standard InChI is InChI=1S/C8H12BrN3/c9-6-1-2-8(12-5-6)7(11)3-4-10/h1-2,5,7H,3-4,10-11H2/t7-/m1/s1. The Labute approximate surface area is 80.3 Å². The van der Waals surface area contributed by atoms with Gasteiger partial charge in [-0.05, 0) is 41.0 Å². The fourth-order valence-electron chi connectivity index (χ4n) is 0.934. The average Bonchev–Trinajstić information content (AvgIpc) is 2.06. The number of pyridine rings is 1. The van der Waals surface area contributed by atoms with Crippen LogP contribution in [0.1, 0.15) is 18.2 Å². The molecule has 0 saturated carbocycles. The second-order valence-corrected chi connectivity index (χ2v) is 3.50. The molecule has 1 heterocycles. The topological polar surface area (TPSA) is 64.9 Å². The molecule has 1 aromatic rings. The molecule has 0 aliphatic heterocycles. The maximum absolute atomic E-state index is 5.80. The molecule has 4 heteroatoms. The van der Waals surface area contributed by atoms with Gasteiger partial charge in [-0.1, -0.05) is 0 Å². The highest BCUT2D eigenvalue weighted by atomic mass is 79.9. The van der Waals surface area contributed by atoms with E-state index >= 15 is 0 Å². The predicted molar refractivity (Wildman–Crippen MR) is 52.5 cm³/mol. The molecule has 1 aromatic heterocycles. The summed E-state index contributed by atoms with van der Waals surface area (Å²) in [5.41, 5.74) is 12.1. The van der Waals surface area contributed by atoms with Crippen molar-refractivity contribution in [3.63, 3.8) is 0 Å². The molecule has 4 N–H and O–H groups in total. The van der Waals surface area contributed by atoms with Gasteiger partial charge < -0.3 is 11.5 Å². The third kappa shape index (κ3) is 2.55. The van der Waals surface area contributed by atoms with E-state index in [4.69, 9.17) is 11.5 Å². The minimum atomic E-state index is -0.0388. The molecule has 0 fully saturated rings. The predicted octanol–water partition coefficient (Wildman–Crippen LogP) is 1.19. The number of hydrogen-bond donors (Lipinski definition) is 2. The Balaban J connectivity index is 2.68. The minimum Gasteiger partial charge on any atom is -0.330 e. The van der Waals surface area contributed by atoms with E-state index in [2.05, 4.69) is 20.9 Å². The monoisotopic (exact) mass is 229 g/mol. The highest BCUT2D eigenvalue weighted by molar-refractivity contribution is 9.10.